The van der Waals surface area contributed by atoms with Crippen molar-refractivity contribution in [2.24, 2.45) is 18.0 Å². The monoisotopic (exact) mass is 514 g/mol. The molecule has 1 aliphatic carbocycles. The molecule has 0 atom stereocenters. The Balaban J connectivity index is 0.00000300. The van der Waals surface area contributed by atoms with Gasteiger partial charge in [-0.1, -0.05) is 18.2 Å². The first-order valence-electron chi connectivity index (χ1n) is 9.74. The first-order chi connectivity index (χ1) is 13.7. The van der Waals surface area contributed by atoms with E-state index in [1.54, 1.807) is 7.11 Å². The van der Waals surface area contributed by atoms with Crippen LogP contribution in [-0.2, 0) is 24.9 Å². The smallest absolute Gasteiger partial charge is 0.192 e. The average Bonchev–Trinajstić information content (AvgIpc) is 3.49. The van der Waals surface area contributed by atoms with E-state index in [1.165, 1.54) is 12.8 Å². The summed E-state index contributed by atoms with van der Waals surface area (Å²) >= 11 is 0. The van der Waals surface area contributed by atoms with Crippen LogP contribution >= 0.6 is 24.0 Å². The number of nitrogens with zero attached hydrogens (tertiary/aromatic N) is 4. The molecule has 9 heteroatoms. The van der Waals surface area contributed by atoms with Gasteiger partial charge in [0.1, 0.15) is 11.6 Å². The first-order valence-corrected chi connectivity index (χ1v) is 9.74. The average molecular weight is 514 g/mol. The molecule has 1 aromatic heterocycles. The maximum absolute atomic E-state index is 5.99. The van der Waals surface area contributed by atoms with Crippen molar-refractivity contribution in [1.82, 2.24) is 25.4 Å². The number of halogens is 1. The lowest BCUT2D eigenvalue weighted by Gasteiger charge is -2.13. The van der Waals surface area contributed by atoms with E-state index in [2.05, 4.69) is 26.9 Å². The van der Waals surface area contributed by atoms with Gasteiger partial charge < -0.3 is 24.7 Å². The van der Waals surface area contributed by atoms with E-state index in [0.717, 1.165) is 35.5 Å². The molecule has 0 amide bonds. The second kappa shape index (κ2) is 12.0. The Hall–Kier alpha value is -1.88. The molecule has 1 saturated carbocycles. The minimum Gasteiger partial charge on any atom is -0.493 e. The summed E-state index contributed by atoms with van der Waals surface area (Å²) in [5.74, 6) is 4.07. The van der Waals surface area contributed by atoms with Crippen molar-refractivity contribution < 1.29 is 9.47 Å². The lowest BCUT2D eigenvalue weighted by molar-refractivity contribution is 0.203. The van der Waals surface area contributed by atoms with Gasteiger partial charge in [-0.05, 0) is 31.7 Å². The van der Waals surface area contributed by atoms with Crippen molar-refractivity contribution in [1.29, 1.82) is 0 Å². The fraction of sp³-hybridized carbons (Fsp3) is 0.550. The molecule has 29 heavy (non-hydrogen) atoms. The zero-order valence-electron chi connectivity index (χ0n) is 17.4. The van der Waals surface area contributed by atoms with Gasteiger partial charge in [0, 0.05) is 26.3 Å². The van der Waals surface area contributed by atoms with Crippen molar-refractivity contribution in [3.05, 3.63) is 41.5 Å². The Bertz CT molecular complexity index is 791. The van der Waals surface area contributed by atoms with Gasteiger partial charge in [-0.2, -0.15) is 0 Å². The summed E-state index contributed by atoms with van der Waals surface area (Å²) in [5.41, 5.74) is 1.07. The number of aromatic nitrogens is 3. The maximum Gasteiger partial charge on any atom is 0.192 e. The van der Waals surface area contributed by atoms with Gasteiger partial charge in [-0.25, -0.2) is 4.99 Å². The van der Waals surface area contributed by atoms with Crippen LogP contribution in [0, 0.1) is 12.8 Å². The molecule has 0 bridgehead atoms. The number of nitrogens with one attached hydrogen (secondary N) is 2. The SMILES string of the molecule is COCCNC(=NCc1ccccc1OCC1CC1)NCc1nnc(C)n1C.I. The summed E-state index contributed by atoms with van der Waals surface area (Å²) in [7, 11) is 3.64. The predicted molar refractivity (Wildman–Crippen MR) is 124 cm³/mol. The molecule has 1 heterocycles. The Morgan fingerprint density at radius 1 is 1.24 bits per heavy atom. The molecule has 1 aliphatic rings. The van der Waals surface area contributed by atoms with Crippen LogP contribution in [0.25, 0.3) is 0 Å². The van der Waals surface area contributed by atoms with E-state index < -0.39 is 0 Å². The van der Waals surface area contributed by atoms with Crippen LogP contribution in [0.1, 0.15) is 30.1 Å². The zero-order chi connectivity index (χ0) is 19.8. The topological polar surface area (TPSA) is 85.6 Å². The largest absolute Gasteiger partial charge is 0.493 e. The molecular weight excluding hydrogens is 483 g/mol. The number of para-hydroxylation sites is 1. The van der Waals surface area contributed by atoms with Crippen molar-refractivity contribution >= 4 is 29.9 Å². The number of hydrogen-bond acceptors (Lipinski definition) is 5. The van der Waals surface area contributed by atoms with Crippen LogP contribution in [0.15, 0.2) is 29.3 Å². The van der Waals surface area contributed by atoms with Gasteiger partial charge in [0.2, 0.25) is 0 Å². The molecule has 160 valence electrons. The third-order valence-electron chi connectivity index (χ3n) is 4.75. The Kier molecular flexibility index (Phi) is 9.65. The van der Waals surface area contributed by atoms with Crippen LogP contribution in [0.3, 0.4) is 0 Å². The molecule has 0 unspecified atom stereocenters. The second-order valence-corrected chi connectivity index (χ2v) is 7.02. The Labute approximate surface area is 189 Å². The number of rotatable bonds is 10. The van der Waals surface area contributed by atoms with E-state index in [1.807, 2.05) is 36.7 Å². The van der Waals surface area contributed by atoms with Gasteiger partial charge in [0.15, 0.2) is 11.8 Å². The standard InChI is InChI=1S/C20H30N6O2.HI/c1-15-24-25-19(26(15)2)13-23-20(21-10-11-27-3)22-12-17-6-4-5-7-18(17)28-14-16-8-9-16;/h4-7,16H,8-14H2,1-3H3,(H2,21,22,23);1H. The molecule has 1 aromatic carbocycles. The molecule has 3 rings (SSSR count). The molecule has 2 aromatic rings. The third kappa shape index (κ3) is 7.46. The summed E-state index contributed by atoms with van der Waals surface area (Å²) < 4.78 is 13.1. The van der Waals surface area contributed by atoms with E-state index in [4.69, 9.17) is 14.5 Å². The van der Waals surface area contributed by atoms with Crippen molar-refractivity contribution in [2.45, 2.75) is 32.9 Å². The van der Waals surface area contributed by atoms with Crippen molar-refractivity contribution in [3.63, 3.8) is 0 Å². The number of aliphatic imine (C=N–C) groups is 1. The summed E-state index contributed by atoms with van der Waals surface area (Å²) in [6.07, 6.45) is 2.55. The first kappa shape index (κ1) is 23.4. The fourth-order valence-electron chi connectivity index (χ4n) is 2.65. The highest BCUT2D eigenvalue weighted by molar-refractivity contribution is 14.0. The van der Waals surface area contributed by atoms with Crippen LogP contribution in [0.4, 0.5) is 0 Å². The van der Waals surface area contributed by atoms with Crippen LogP contribution in [-0.4, -0.2) is 47.6 Å². The predicted octanol–water partition coefficient (Wildman–Crippen LogP) is 2.41. The molecule has 2 N–H and O–H groups in total. The summed E-state index contributed by atoms with van der Waals surface area (Å²) in [6, 6.07) is 8.09. The van der Waals surface area contributed by atoms with Gasteiger partial charge in [-0.15, -0.1) is 34.2 Å². The van der Waals surface area contributed by atoms with E-state index in [0.29, 0.717) is 32.2 Å². The van der Waals surface area contributed by atoms with Gasteiger partial charge in [0.25, 0.3) is 0 Å². The fourth-order valence-corrected chi connectivity index (χ4v) is 2.65. The highest BCUT2D eigenvalue weighted by Crippen LogP contribution is 2.30. The quantitative estimate of drug-likeness (QED) is 0.219. The van der Waals surface area contributed by atoms with Gasteiger partial charge >= 0.3 is 0 Å². The van der Waals surface area contributed by atoms with Crippen LogP contribution in [0.2, 0.25) is 0 Å². The number of benzene rings is 1. The number of aryl methyl sites for hydroxylation is 1. The van der Waals surface area contributed by atoms with Crippen molar-refractivity contribution in [2.75, 3.05) is 26.9 Å². The number of methoxy groups -OCH3 is 1. The normalized spacial score (nSPS) is 13.7. The minimum atomic E-state index is 0. The van der Waals surface area contributed by atoms with E-state index in [9.17, 15) is 0 Å². The number of guanidine groups is 1. The minimum absolute atomic E-state index is 0. The molecular formula is C20H31IN6O2. The van der Waals surface area contributed by atoms with Crippen LogP contribution in [0.5, 0.6) is 5.75 Å². The molecule has 0 radical (unpaired) electrons. The van der Waals surface area contributed by atoms with Gasteiger partial charge in [-0.3, -0.25) is 0 Å². The maximum atomic E-state index is 5.99. The summed E-state index contributed by atoms with van der Waals surface area (Å²) in [6.45, 7) is 5.06. The van der Waals surface area contributed by atoms with E-state index >= 15 is 0 Å². The van der Waals surface area contributed by atoms with E-state index in [-0.39, 0.29) is 24.0 Å². The Morgan fingerprint density at radius 3 is 2.72 bits per heavy atom. The molecule has 0 aliphatic heterocycles. The highest BCUT2D eigenvalue weighted by atomic mass is 127. The number of ether oxygens (including phenoxy) is 2. The summed E-state index contributed by atoms with van der Waals surface area (Å²) in [5, 5.41) is 14.9. The van der Waals surface area contributed by atoms with Gasteiger partial charge in [0.05, 0.1) is 26.3 Å². The summed E-state index contributed by atoms with van der Waals surface area (Å²) in [4.78, 5) is 4.72. The molecule has 0 saturated heterocycles. The van der Waals surface area contributed by atoms with Crippen molar-refractivity contribution in [3.8, 4) is 5.75 Å². The molecule has 1 fully saturated rings. The third-order valence-corrected chi connectivity index (χ3v) is 4.75. The highest BCUT2D eigenvalue weighted by Gasteiger charge is 2.22. The second-order valence-electron chi connectivity index (χ2n) is 7.02. The lowest BCUT2D eigenvalue weighted by Crippen LogP contribution is -2.39. The Morgan fingerprint density at radius 2 is 2.03 bits per heavy atom. The van der Waals surface area contributed by atoms with Crippen LogP contribution < -0.4 is 15.4 Å². The number of hydrogen-bond donors (Lipinski definition) is 2. The molecule has 0 spiro atoms. The lowest BCUT2D eigenvalue weighted by atomic mass is 10.2. The zero-order valence-corrected chi connectivity index (χ0v) is 19.7. The molecule has 8 nitrogen and oxygen atoms in total.